The molecule has 1 unspecified atom stereocenters. The Balaban J connectivity index is 2.27. The summed E-state index contributed by atoms with van der Waals surface area (Å²) in [4.78, 5) is 16.0. The van der Waals surface area contributed by atoms with Crippen LogP contribution in [0.1, 0.15) is 61.8 Å². The van der Waals surface area contributed by atoms with Gasteiger partial charge in [0.05, 0.1) is 11.1 Å². The van der Waals surface area contributed by atoms with Crippen LogP contribution in [0.4, 0.5) is 0 Å². The number of hydrogen-bond donors (Lipinski definition) is 1. The first-order chi connectivity index (χ1) is 9.50. The van der Waals surface area contributed by atoms with Crippen LogP contribution in [-0.2, 0) is 0 Å². The van der Waals surface area contributed by atoms with E-state index >= 15 is 0 Å². The highest BCUT2D eigenvalue weighted by molar-refractivity contribution is 6.01. The zero-order valence-corrected chi connectivity index (χ0v) is 12.1. The molecule has 0 radical (unpaired) electrons. The molecule has 0 spiro atoms. The second-order valence-corrected chi connectivity index (χ2v) is 6.05. The number of carbonyl (C=O) groups is 1. The molecular weight excluding hydrogens is 252 g/mol. The van der Waals surface area contributed by atoms with Crippen molar-refractivity contribution in [2.24, 2.45) is 5.92 Å². The molecule has 4 heteroatoms. The minimum absolute atomic E-state index is 0.283. The van der Waals surface area contributed by atoms with Crippen LogP contribution in [0.2, 0.25) is 0 Å². The lowest BCUT2D eigenvalue weighted by Gasteiger charge is -2.18. The third-order valence-corrected chi connectivity index (χ3v) is 4.21. The summed E-state index contributed by atoms with van der Waals surface area (Å²) in [5, 5.41) is 9.33. The molecule has 4 nitrogen and oxygen atoms in total. The molecule has 20 heavy (non-hydrogen) atoms. The lowest BCUT2D eigenvalue weighted by atomic mass is 10.1. The first kappa shape index (κ1) is 13.2. The molecule has 1 N–H and O–H groups in total. The number of fused-ring (bicyclic) bond motifs is 1. The number of carboxylic acid groups (broad SMARTS) is 1. The van der Waals surface area contributed by atoms with Crippen molar-refractivity contribution in [3.05, 3.63) is 29.6 Å². The van der Waals surface area contributed by atoms with Crippen LogP contribution >= 0.6 is 0 Å². The van der Waals surface area contributed by atoms with E-state index in [1.54, 1.807) is 6.07 Å². The Morgan fingerprint density at radius 2 is 2.05 bits per heavy atom. The Hall–Kier alpha value is -1.84. The molecule has 1 aromatic heterocycles. The zero-order chi connectivity index (χ0) is 14.4. The van der Waals surface area contributed by atoms with Crippen molar-refractivity contribution in [2.45, 2.75) is 45.6 Å². The predicted octanol–water partition coefficient (Wildman–Crippen LogP) is 3.83. The van der Waals surface area contributed by atoms with Crippen LogP contribution in [0.5, 0.6) is 0 Å². The average molecular weight is 272 g/mol. The Labute approximate surface area is 118 Å². The summed E-state index contributed by atoms with van der Waals surface area (Å²) in [7, 11) is 0. The number of nitrogens with zero attached hydrogens (tertiary/aromatic N) is 2. The molecule has 0 saturated heterocycles. The Morgan fingerprint density at radius 1 is 1.35 bits per heavy atom. The smallest absolute Gasteiger partial charge is 0.337 e. The monoisotopic (exact) mass is 272 g/mol. The molecule has 1 fully saturated rings. The van der Waals surface area contributed by atoms with Gasteiger partial charge in [-0.25, -0.2) is 9.78 Å². The molecule has 106 valence electrons. The van der Waals surface area contributed by atoms with Gasteiger partial charge in [0, 0.05) is 12.0 Å². The van der Waals surface area contributed by atoms with E-state index in [-0.39, 0.29) is 5.92 Å². The van der Waals surface area contributed by atoms with Crippen molar-refractivity contribution in [1.82, 2.24) is 9.55 Å². The van der Waals surface area contributed by atoms with E-state index in [0.29, 0.717) is 23.0 Å². The maximum atomic E-state index is 11.4. The van der Waals surface area contributed by atoms with Crippen LogP contribution in [0, 0.1) is 5.92 Å². The van der Waals surface area contributed by atoms with Gasteiger partial charge in [-0.1, -0.05) is 19.9 Å². The molecule has 3 rings (SSSR count). The number of aromatic carboxylic acids is 1. The Kier molecular flexibility index (Phi) is 3.04. The molecule has 1 heterocycles. The molecule has 0 aliphatic heterocycles. The average Bonchev–Trinajstić information content (AvgIpc) is 3.16. The SMILES string of the molecule is CC(C)c1nc2c(C(=O)O)cccc2n1C(C)C1CC1. The van der Waals surface area contributed by atoms with E-state index < -0.39 is 5.97 Å². The third kappa shape index (κ3) is 1.99. The first-order valence-corrected chi connectivity index (χ1v) is 7.24. The largest absolute Gasteiger partial charge is 0.478 e. The first-order valence-electron chi connectivity index (χ1n) is 7.24. The number of carboxylic acids is 1. The predicted molar refractivity (Wildman–Crippen MR) is 78.2 cm³/mol. The van der Waals surface area contributed by atoms with Crippen LogP contribution in [0.25, 0.3) is 11.0 Å². The van der Waals surface area contributed by atoms with Crippen molar-refractivity contribution in [1.29, 1.82) is 0 Å². The lowest BCUT2D eigenvalue weighted by Crippen LogP contribution is -2.12. The van der Waals surface area contributed by atoms with Crippen LogP contribution in [-0.4, -0.2) is 20.6 Å². The van der Waals surface area contributed by atoms with Gasteiger partial charge < -0.3 is 9.67 Å². The molecular formula is C16H20N2O2. The fourth-order valence-electron chi connectivity index (χ4n) is 2.93. The van der Waals surface area contributed by atoms with Gasteiger partial charge in [-0.05, 0) is 37.8 Å². The summed E-state index contributed by atoms with van der Waals surface area (Å²) in [5.41, 5.74) is 1.87. The Morgan fingerprint density at radius 3 is 2.60 bits per heavy atom. The highest BCUT2D eigenvalue weighted by atomic mass is 16.4. The second-order valence-electron chi connectivity index (χ2n) is 6.05. The van der Waals surface area contributed by atoms with Gasteiger partial charge in [-0.2, -0.15) is 0 Å². The molecule has 2 aromatic rings. The fourth-order valence-corrected chi connectivity index (χ4v) is 2.93. The topological polar surface area (TPSA) is 55.1 Å². The lowest BCUT2D eigenvalue weighted by molar-refractivity contribution is 0.0699. The summed E-state index contributed by atoms with van der Waals surface area (Å²) in [6.45, 7) is 6.44. The quantitative estimate of drug-likeness (QED) is 0.920. The van der Waals surface area contributed by atoms with Crippen LogP contribution < -0.4 is 0 Å². The maximum Gasteiger partial charge on any atom is 0.337 e. The van der Waals surface area contributed by atoms with Crippen molar-refractivity contribution in [2.75, 3.05) is 0 Å². The molecule has 0 bridgehead atoms. The number of rotatable bonds is 4. The van der Waals surface area contributed by atoms with Gasteiger partial charge in [0.15, 0.2) is 0 Å². The van der Waals surface area contributed by atoms with Crippen LogP contribution in [0.3, 0.4) is 0 Å². The molecule has 1 aliphatic rings. The minimum atomic E-state index is -0.908. The summed E-state index contributed by atoms with van der Waals surface area (Å²) in [6.07, 6.45) is 2.52. The van der Waals surface area contributed by atoms with Gasteiger partial charge >= 0.3 is 5.97 Å². The molecule has 0 amide bonds. The molecule has 1 aliphatic carbocycles. The van der Waals surface area contributed by atoms with E-state index in [2.05, 4.69) is 30.3 Å². The van der Waals surface area contributed by atoms with Gasteiger partial charge in [-0.15, -0.1) is 0 Å². The highest BCUT2D eigenvalue weighted by Gasteiger charge is 2.32. The van der Waals surface area contributed by atoms with Crippen molar-refractivity contribution in [3.63, 3.8) is 0 Å². The highest BCUT2D eigenvalue weighted by Crippen LogP contribution is 2.42. The number of aromatic nitrogens is 2. The standard InChI is InChI=1S/C16H20N2O2/c1-9(2)15-17-14-12(16(19)20)5-4-6-13(14)18(15)10(3)11-7-8-11/h4-6,9-11H,7-8H2,1-3H3,(H,19,20). The summed E-state index contributed by atoms with van der Waals surface area (Å²) < 4.78 is 2.25. The van der Waals surface area contributed by atoms with Gasteiger partial charge in [0.2, 0.25) is 0 Å². The number of hydrogen-bond acceptors (Lipinski definition) is 2. The van der Waals surface area contributed by atoms with E-state index in [1.165, 1.54) is 12.8 Å². The van der Waals surface area contributed by atoms with E-state index in [1.807, 2.05) is 12.1 Å². The maximum absolute atomic E-state index is 11.4. The van der Waals surface area contributed by atoms with E-state index in [9.17, 15) is 9.90 Å². The zero-order valence-electron chi connectivity index (χ0n) is 12.1. The number of benzene rings is 1. The molecule has 1 atom stereocenters. The van der Waals surface area contributed by atoms with Gasteiger partial charge in [0.1, 0.15) is 11.3 Å². The second kappa shape index (κ2) is 4.62. The van der Waals surface area contributed by atoms with Gasteiger partial charge in [0.25, 0.3) is 0 Å². The number of para-hydroxylation sites is 1. The fraction of sp³-hybridized carbons (Fsp3) is 0.500. The minimum Gasteiger partial charge on any atom is -0.478 e. The molecule has 1 aromatic carbocycles. The third-order valence-electron chi connectivity index (χ3n) is 4.21. The van der Waals surface area contributed by atoms with Crippen molar-refractivity contribution >= 4 is 17.0 Å². The number of imidazole rings is 1. The van der Waals surface area contributed by atoms with Crippen LogP contribution in [0.15, 0.2) is 18.2 Å². The normalized spacial score (nSPS) is 16.8. The summed E-state index contributed by atoms with van der Waals surface area (Å²) >= 11 is 0. The van der Waals surface area contributed by atoms with E-state index in [4.69, 9.17) is 0 Å². The van der Waals surface area contributed by atoms with Crippen molar-refractivity contribution in [3.8, 4) is 0 Å². The van der Waals surface area contributed by atoms with E-state index in [0.717, 1.165) is 11.3 Å². The summed E-state index contributed by atoms with van der Waals surface area (Å²) in [5.74, 6) is 1.08. The van der Waals surface area contributed by atoms with Crippen molar-refractivity contribution < 1.29 is 9.90 Å². The van der Waals surface area contributed by atoms with Gasteiger partial charge in [-0.3, -0.25) is 0 Å². The molecule has 1 saturated carbocycles. The summed E-state index contributed by atoms with van der Waals surface area (Å²) in [6, 6.07) is 5.82. The Bertz CT molecular complexity index is 668.